The van der Waals surface area contributed by atoms with Gasteiger partial charge in [0.15, 0.2) is 0 Å². The number of nitrogens with one attached hydrogen (secondary N) is 1. The lowest BCUT2D eigenvalue weighted by atomic mass is 9.94. The van der Waals surface area contributed by atoms with Gasteiger partial charge in [-0.05, 0) is 67.3 Å². The Balaban J connectivity index is 1.54. The minimum Gasteiger partial charge on any atom is -0.352 e. The molecule has 2 amide bonds. The predicted octanol–water partition coefficient (Wildman–Crippen LogP) is 7.04. The number of aryl methyl sites for hydroxylation is 1. The Kier molecular flexibility index (Phi) is 11.3. The minimum atomic E-state index is -4.13. The molecule has 7 nitrogen and oxygen atoms in total. The van der Waals surface area contributed by atoms with E-state index in [1.165, 1.54) is 0 Å². The number of nitrogens with zero attached hydrogens (tertiary/aromatic N) is 2. The number of sulfonamides is 1. The zero-order valence-electron chi connectivity index (χ0n) is 26.0. The number of benzene rings is 4. The summed E-state index contributed by atoms with van der Waals surface area (Å²) in [6, 6.07) is 31.6. The highest BCUT2D eigenvalue weighted by Crippen LogP contribution is 2.26. The number of hydrogen-bond donors (Lipinski definition) is 1. The average molecular weight is 703 g/mol. The van der Waals surface area contributed by atoms with Crippen molar-refractivity contribution >= 4 is 43.5 Å². The lowest BCUT2D eigenvalue weighted by Crippen LogP contribution is -2.55. The van der Waals surface area contributed by atoms with Gasteiger partial charge in [-0.1, -0.05) is 114 Å². The van der Waals surface area contributed by atoms with Gasteiger partial charge in [-0.2, -0.15) is 0 Å². The molecule has 1 atom stereocenters. The second kappa shape index (κ2) is 15.6. The SMILES string of the molecule is Cc1ccc(S(=O)(=O)N(CC(=O)N(Cc2ccc(Br)cc2)[C@H](Cc2ccccc2)C(=O)NC2CCCCC2)c2ccccc2)cc1. The highest BCUT2D eigenvalue weighted by molar-refractivity contribution is 9.10. The van der Waals surface area contributed by atoms with Gasteiger partial charge in [0.1, 0.15) is 12.6 Å². The van der Waals surface area contributed by atoms with Crippen molar-refractivity contribution in [1.29, 1.82) is 0 Å². The van der Waals surface area contributed by atoms with E-state index < -0.39 is 28.5 Å². The summed E-state index contributed by atoms with van der Waals surface area (Å²) in [6.07, 6.45) is 5.36. The first-order valence-electron chi connectivity index (χ1n) is 15.7. The quantitative estimate of drug-likeness (QED) is 0.172. The number of hydrogen-bond acceptors (Lipinski definition) is 4. The van der Waals surface area contributed by atoms with Crippen molar-refractivity contribution in [3.05, 3.63) is 130 Å². The van der Waals surface area contributed by atoms with E-state index in [0.29, 0.717) is 5.69 Å². The van der Waals surface area contributed by atoms with Gasteiger partial charge in [0.05, 0.1) is 10.6 Å². The summed E-state index contributed by atoms with van der Waals surface area (Å²) < 4.78 is 30.3. The first-order valence-corrected chi connectivity index (χ1v) is 18.0. The molecule has 0 aliphatic heterocycles. The zero-order valence-corrected chi connectivity index (χ0v) is 28.4. The Hall–Kier alpha value is -3.95. The van der Waals surface area contributed by atoms with Gasteiger partial charge < -0.3 is 10.2 Å². The Labute approximate surface area is 280 Å². The summed E-state index contributed by atoms with van der Waals surface area (Å²) in [5.74, 6) is -0.698. The molecule has 4 aromatic carbocycles. The van der Waals surface area contributed by atoms with Crippen LogP contribution in [0.1, 0.15) is 48.8 Å². The van der Waals surface area contributed by atoms with Gasteiger partial charge in [-0.25, -0.2) is 8.42 Å². The topological polar surface area (TPSA) is 86.8 Å². The molecule has 0 unspecified atom stereocenters. The van der Waals surface area contributed by atoms with Gasteiger partial charge in [-0.15, -0.1) is 0 Å². The lowest BCUT2D eigenvalue weighted by Gasteiger charge is -2.35. The van der Waals surface area contributed by atoms with Crippen LogP contribution in [0, 0.1) is 6.92 Å². The number of carbonyl (C=O) groups is 2. The van der Waals surface area contributed by atoms with Crippen LogP contribution >= 0.6 is 15.9 Å². The van der Waals surface area contributed by atoms with Crippen LogP contribution < -0.4 is 9.62 Å². The van der Waals surface area contributed by atoms with E-state index in [9.17, 15) is 18.0 Å². The van der Waals surface area contributed by atoms with Gasteiger partial charge in [0.2, 0.25) is 11.8 Å². The van der Waals surface area contributed by atoms with Crippen molar-refractivity contribution in [1.82, 2.24) is 10.2 Å². The molecule has 4 aromatic rings. The lowest BCUT2D eigenvalue weighted by molar-refractivity contribution is -0.140. The molecule has 9 heteroatoms. The van der Waals surface area contributed by atoms with Crippen molar-refractivity contribution in [3.63, 3.8) is 0 Å². The fourth-order valence-electron chi connectivity index (χ4n) is 5.85. The van der Waals surface area contributed by atoms with Crippen molar-refractivity contribution in [2.75, 3.05) is 10.8 Å². The maximum absolute atomic E-state index is 14.6. The molecule has 1 saturated carbocycles. The highest BCUT2D eigenvalue weighted by atomic mass is 79.9. The molecular formula is C37H40BrN3O4S. The molecule has 46 heavy (non-hydrogen) atoms. The van der Waals surface area contributed by atoms with E-state index in [1.807, 2.05) is 61.5 Å². The second-order valence-corrected chi connectivity index (χ2v) is 14.6. The standard InChI is InChI=1S/C37H40BrN3O4S/c1-28-17-23-34(24-18-28)46(44,45)41(33-15-9-4-10-16-33)27-36(42)40(26-30-19-21-31(38)22-20-30)35(25-29-11-5-2-6-12-29)37(43)39-32-13-7-3-8-14-32/h2,4-6,9-12,15-24,32,35H,3,7-8,13-14,25-27H2,1H3,(H,39,43)/t35-/m1/s1. The van der Waals surface area contributed by atoms with Crippen LogP contribution in [0.5, 0.6) is 0 Å². The molecule has 5 rings (SSSR count). The third kappa shape index (κ3) is 8.65. The van der Waals surface area contributed by atoms with Crippen molar-refractivity contribution in [2.24, 2.45) is 0 Å². The van der Waals surface area contributed by atoms with E-state index in [1.54, 1.807) is 59.5 Å². The molecule has 1 N–H and O–H groups in total. The second-order valence-electron chi connectivity index (χ2n) is 11.9. The number of amides is 2. The summed E-state index contributed by atoms with van der Waals surface area (Å²) in [7, 11) is -4.13. The Morgan fingerprint density at radius 1 is 0.804 bits per heavy atom. The number of halogens is 1. The summed E-state index contributed by atoms with van der Waals surface area (Å²) in [5, 5.41) is 3.24. The van der Waals surface area contributed by atoms with E-state index in [4.69, 9.17) is 0 Å². The first-order chi connectivity index (χ1) is 22.2. The number of anilines is 1. The van der Waals surface area contributed by atoms with Crippen LogP contribution in [0.4, 0.5) is 5.69 Å². The van der Waals surface area contributed by atoms with Gasteiger partial charge in [0, 0.05) is 23.5 Å². The third-order valence-electron chi connectivity index (χ3n) is 8.42. The fraction of sp³-hybridized carbons (Fsp3) is 0.297. The Morgan fingerprint density at radius 2 is 1.41 bits per heavy atom. The van der Waals surface area contributed by atoms with Crippen molar-refractivity contribution < 1.29 is 18.0 Å². The van der Waals surface area contributed by atoms with Crippen LogP contribution in [0.3, 0.4) is 0 Å². The largest absolute Gasteiger partial charge is 0.352 e. The van der Waals surface area contributed by atoms with Crippen molar-refractivity contribution in [3.8, 4) is 0 Å². The maximum Gasteiger partial charge on any atom is 0.264 e. The van der Waals surface area contributed by atoms with Crippen LogP contribution in [0.2, 0.25) is 0 Å². The summed E-state index contributed by atoms with van der Waals surface area (Å²) >= 11 is 3.48. The molecular weight excluding hydrogens is 662 g/mol. The molecule has 1 aliphatic rings. The van der Waals surface area contributed by atoms with Crippen LogP contribution in [-0.4, -0.2) is 43.8 Å². The zero-order chi connectivity index (χ0) is 32.5. The monoisotopic (exact) mass is 701 g/mol. The van der Waals surface area contributed by atoms with Crippen LogP contribution in [0.25, 0.3) is 0 Å². The molecule has 0 bridgehead atoms. The summed E-state index contributed by atoms with van der Waals surface area (Å²) in [6.45, 7) is 1.55. The molecule has 0 radical (unpaired) electrons. The van der Waals surface area contributed by atoms with E-state index in [0.717, 1.165) is 57.6 Å². The molecule has 240 valence electrons. The molecule has 1 fully saturated rings. The minimum absolute atomic E-state index is 0.0480. The number of rotatable bonds is 12. The van der Waals surface area contributed by atoms with Gasteiger partial charge in [0.25, 0.3) is 10.0 Å². The number of carbonyl (C=O) groups excluding carboxylic acids is 2. The van der Waals surface area contributed by atoms with E-state index in [-0.39, 0.29) is 29.8 Å². The van der Waals surface area contributed by atoms with Gasteiger partial charge in [-0.3, -0.25) is 13.9 Å². The van der Waals surface area contributed by atoms with Crippen LogP contribution in [-0.2, 0) is 32.6 Å². The fourth-order valence-corrected chi connectivity index (χ4v) is 7.52. The van der Waals surface area contributed by atoms with Crippen LogP contribution in [0.15, 0.2) is 119 Å². The molecule has 0 saturated heterocycles. The maximum atomic E-state index is 14.6. The van der Waals surface area contributed by atoms with Crippen molar-refractivity contribution in [2.45, 2.75) is 69.0 Å². The number of para-hydroxylation sites is 1. The first kappa shape index (κ1) is 33.4. The molecule has 0 heterocycles. The Bertz CT molecular complexity index is 1690. The van der Waals surface area contributed by atoms with Gasteiger partial charge >= 0.3 is 0 Å². The summed E-state index contributed by atoms with van der Waals surface area (Å²) in [4.78, 5) is 30.4. The highest BCUT2D eigenvalue weighted by Gasteiger charge is 2.35. The predicted molar refractivity (Wildman–Crippen MR) is 186 cm³/mol. The third-order valence-corrected chi connectivity index (χ3v) is 10.7. The molecule has 1 aliphatic carbocycles. The Morgan fingerprint density at radius 3 is 2.04 bits per heavy atom. The molecule has 0 aromatic heterocycles. The smallest absolute Gasteiger partial charge is 0.264 e. The van der Waals surface area contributed by atoms with E-state index in [2.05, 4.69) is 21.2 Å². The summed E-state index contributed by atoms with van der Waals surface area (Å²) in [5.41, 5.74) is 3.03. The normalized spacial score (nSPS) is 14.3. The van der Waals surface area contributed by atoms with E-state index >= 15 is 0 Å². The average Bonchev–Trinajstić information content (AvgIpc) is 3.07. The molecule has 0 spiro atoms.